The monoisotopic (exact) mass is 207 g/mol. The molecule has 1 rings (SSSR count). The second kappa shape index (κ2) is 4.30. The number of nitro groups is 1. The number of benzene rings is 1. The normalized spacial score (nSPS) is 8.79. The van der Waals surface area contributed by atoms with E-state index in [4.69, 9.17) is 5.26 Å². The summed E-state index contributed by atoms with van der Waals surface area (Å²) in [4.78, 5) is 11.0. The van der Waals surface area contributed by atoms with Crippen molar-refractivity contribution in [1.29, 1.82) is 5.26 Å². The Kier molecular flexibility index (Phi) is 3.09. The van der Waals surface area contributed by atoms with E-state index < -0.39 is 4.92 Å². The van der Waals surface area contributed by atoms with Gasteiger partial charge in [0.2, 0.25) is 0 Å². The molecule has 0 spiro atoms. The lowest BCUT2D eigenvalue weighted by Crippen LogP contribution is -2.11. The molecule has 0 unspecified atom stereocenters. The summed E-state index contributed by atoms with van der Waals surface area (Å²) in [6.45, 7) is 0. The van der Waals surface area contributed by atoms with Gasteiger partial charge in [-0.1, -0.05) is 12.2 Å². The maximum atomic E-state index is 10.3. The SMILES string of the molecule is N#CN(C=S)c1ccc([N+](=O)[O-])cc1. The third-order valence-corrected chi connectivity index (χ3v) is 1.76. The summed E-state index contributed by atoms with van der Waals surface area (Å²) >= 11 is 4.58. The fraction of sp³-hybridized carbons (Fsp3) is 0. The van der Waals surface area contributed by atoms with Crippen LogP contribution in [0.15, 0.2) is 24.3 Å². The number of non-ortho nitro benzene ring substituents is 1. The first-order valence-corrected chi connectivity index (χ1v) is 4.05. The molecule has 0 atom stereocenters. The zero-order chi connectivity index (χ0) is 10.6. The second-order valence-electron chi connectivity index (χ2n) is 2.35. The highest BCUT2D eigenvalue weighted by Crippen LogP contribution is 2.17. The molecule has 0 aliphatic rings. The van der Waals surface area contributed by atoms with Crippen LogP contribution in [0, 0.1) is 21.6 Å². The molecule has 0 N–H and O–H groups in total. The third-order valence-electron chi connectivity index (χ3n) is 1.55. The van der Waals surface area contributed by atoms with Crippen molar-refractivity contribution in [1.82, 2.24) is 0 Å². The van der Waals surface area contributed by atoms with Gasteiger partial charge in [-0.15, -0.1) is 0 Å². The lowest BCUT2D eigenvalue weighted by atomic mass is 10.3. The molecule has 6 heteroatoms. The van der Waals surface area contributed by atoms with Crippen LogP contribution in [-0.4, -0.2) is 10.4 Å². The molecule has 0 radical (unpaired) electrons. The summed E-state index contributed by atoms with van der Waals surface area (Å²) in [6.07, 6.45) is 1.82. The van der Waals surface area contributed by atoms with Crippen LogP contribution in [0.2, 0.25) is 0 Å². The Morgan fingerprint density at radius 2 is 2.07 bits per heavy atom. The molecule has 0 amide bonds. The number of nitrogens with zero attached hydrogens (tertiary/aromatic N) is 3. The molecule has 1 aromatic carbocycles. The van der Waals surface area contributed by atoms with Crippen molar-refractivity contribution in [2.24, 2.45) is 0 Å². The minimum atomic E-state index is -0.502. The van der Waals surface area contributed by atoms with Gasteiger partial charge < -0.3 is 0 Å². The molecule has 0 aromatic heterocycles. The minimum Gasteiger partial charge on any atom is -0.258 e. The lowest BCUT2D eigenvalue weighted by molar-refractivity contribution is -0.384. The van der Waals surface area contributed by atoms with Gasteiger partial charge in [0.15, 0.2) is 6.19 Å². The van der Waals surface area contributed by atoms with Gasteiger partial charge in [-0.05, 0) is 12.1 Å². The fourth-order valence-corrected chi connectivity index (χ4v) is 1.05. The van der Waals surface area contributed by atoms with Crippen molar-refractivity contribution in [3.63, 3.8) is 0 Å². The number of rotatable bonds is 3. The molecule has 0 bridgehead atoms. The molecular weight excluding hydrogens is 202 g/mol. The number of nitro benzene ring substituents is 1. The van der Waals surface area contributed by atoms with Gasteiger partial charge in [-0.2, -0.15) is 5.26 Å². The van der Waals surface area contributed by atoms with E-state index in [0.717, 1.165) is 4.90 Å². The molecule has 0 aliphatic carbocycles. The smallest absolute Gasteiger partial charge is 0.258 e. The first-order chi connectivity index (χ1) is 6.69. The van der Waals surface area contributed by atoms with Gasteiger partial charge in [0.1, 0.15) is 0 Å². The van der Waals surface area contributed by atoms with Crippen molar-refractivity contribution in [3.05, 3.63) is 34.4 Å². The highest BCUT2D eigenvalue weighted by molar-refractivity contribution is 7.79. The topological polar surface area (TPSA) is 70.2 Å². The number of hydrogen-bond donors (Lipinski definition) is 0. The van der Waals surface area contributed by atoms with Gasteiger partial charge in [0.25, 0.3) is 5.69 Å². The van der Waals surface area contributed by atoms with Crippen LogP contribution in [0.25, 0.3) is 0 Å². The highest BCUT2D eigenvalue weighted by atomic mass is 32.1. The summed E-state index contributed by atoms with van der Waals surface area (Å²) in [6, 6.07) is 5.56. The molecule has 0 heterocycles. The average molecular weight is 207 g/mol. The first-order valence-electron chi connectivity index (χ1n) is 3.57. The van der Waals surface area contributed by atoms with E-state index in [2.05, 4.69) is 12.2 Å². The lowest BCUT2D eigenvalue weighted by Gasteiger charge is -2.06. The average Bonchev–Trinajstić information content (AvgIpc) is 2.20. The van der Waals surface area contributed by atoms with Crippen LogP contribution in [0.1, 0.15) is 0 Å². The van der Waals surface area contributed by atoms with E-state index in [1.807, 2.05) is 6.19 Å². The Balaban J connectivity index is 2.99. The Bertz CT molecular complexity index is 396. The summed E-state index contributed by atoms with van der Waals surface area (Å²) < 4.78 is 0. The molecule has 70 valence electrons. The summed E-state index contributed by atoms with van der Waals surface area (Å²) in [5, 5.41) is 18.9. The van der Waals surface area contributed by atoms with E-state index in [0.29, 0.717) is 5.69 Å². The van der Waals surface area contributed by atoms with E-state index in [1.54, 1.807) is 0 Å². The molecule has 0 saturated heterocycles. The maximum absolute atomic E-state index is 10.3. The molecule has 5 nitrogen and oxygen atoms in total. The van der Waals surface area contributed by atoms with Gasteiger partial charge >= 0.3 is 0 Å². The van der Waals surface area contributed by atoms with Crippen LogP contribution >= 0.6 is 12.2 Å². The van der Waals surface area contributed by atoms with Crippen LogP contribution in [0.4, 0.5) is 11.4 Å². The predicted octanol–water partition coefficient (Wildman–Crippen LogP) is 1.84. The van der Waals surface area contributed by atoms with Crippen molar-refractivity contribution >= 4 is 29.1 Å². The highest BCUT2D eigenvalue weighted by Gasteiger charge is 2.06. The van der Waals surface area contributed by atoms with Crippen LogP contribution < -0.4 is 4.90 Å². The van der Waals surface area contributed by atoms with E-state index in [9.17, 15) is 10.1 Å². The molecule has 0 saturated carbocycles. The van der Waals surface area contributed by atoms with Crippen molar-refractivity contribution in [2.75, 3.05) is 4.90 Å². The number of hydrogen-bond acceptors (Lipinski definition) is 4. The van der Waals surface area contributed by atoms with Crippen molar-refractivity contribution < 1.29 is 4.92 Å². The zero-order valence-electron chi connectivity index (χ0n) is 6.95. The van der Waals surface area contributed by atoms with Crippen molar-refractivity contribution in [2.45, 2.75) is 0 Å². The van der Waals surface area contributed by atoms with E-state index in [1.165, 1.54) is 29.8 Å². The van der Waals surface area contributed by atoms with E-state index >= 15 is 0 Å². The predicted molar refractivity (Wildman–Crippen MR) is 54.8 cm³/mol. The number of anilines is 1. The van der Waals surface area contributed by atoms with Gasteiger partial charge in [-0.25, -0.2) is 4.90 Å². The molecular formula is C8H5N3O2S. The fourth-order valence-electron chi connectivity index (χ4n) is 0.877. The maximum Gasteiger partial charge on any atom is 0.269 e. The summed E-state index contributed by atoms with van der Waals surface area (Å²) in [5.41, 5.74) is 1.66. The second-order valence-corrected chi connectivity index (χ2v) is 2.56. The largest absolute Gasteiger partial charge is 0.269 e. The molecule has 1 aromatic rings. The van der Waals surface area contributed by atoms with Crippen molar-refractivity contribution in [3.8, 4) is 6.19 Å². The van der Waals surface area contributed by atoms with Gasteiger partial charge in [0, 0.05) is 12.1 Å². The zero-order valence-corrected chi connectivity index (χ0v) is 7.77. The Morgan fingerprint density at radius 3 is 2.43 bits per heavy atom. The third kappa shape index (κ3) is 2.02. The number of nitriles is 1. The van der Waals surface area contributed by atoms with Gasteiger partial charge in [0.05, 0.1) is 16.1 Å². The molecule has 14 heavy (non-hydrogen) atoms. The summed E-state index contributed by atoms with van der Waals surface area (Å²) in [7, 11) is 0. The quantitative estimate of drug-likeness (QED) is 0.248. The first kappa shape index (κ1) is 10.1. The summed E-state index contributed by atoms with van der Waals surface area (Å²) in [5.74, 6) is 0. The molecule has 0 aliphatic heterocycles. The van der Waals surface area contributed by atoms with Crippen LogP contribution in [0.5, 0.6) is 0 Å². The van der Waals surface area contributed by atoms with Crippen LogP contribution in [0.3, 0.4) is 0 Å². The Morgan fingerprint density at radius 1 is 1.50 bits per heavy atom. The Labute approximate surface area is 85.3 Å². The van der Waals surface area contributed by atoms with Crippen LogP contribution in [-0.2, 0) is 0 Å². The van der Waals surface area contributed by atoms with Gasteiger partial charge in [-0.3, -0.25) is 10.1 Å². The standard InChI is InChI=1S/C8H5N3O2S/c9-5-10(6-14)7-1-3-8(4-2-7)11(12)13/h1-4,6H. The number of thiocarbonyl (C=S) groups is 1. The Hall–Kier alpha value is -2.00. The van der Waals surface area contributed by atoms with E-state index in [-0.39, 0.29) is 5.69 Å². The molecule has 0 fully saturated rings. The minimum absolute atomic E-state index is 0.0176.